The molecule has 0 aliphatic carbocycles. The molecule has 1 heterocycles. The van der Waals surface area contributed by atoms with Gasteiger partial charge in [-0.3, -0.25) is 4.79 Å². The number of benzene rings is 4. The first-order chi connectivity index (χ1) is 18.7. The Morgan fingerprint density at radius 2 is 1.38 bits per heavy atom. The van der Waals surface area contributed by atoms with Crippen molar-refractivity contribution in [2.75, 3.05) is 0 Å². The van der Waals surface area contributed by atoms with Crippen LogP contribution in [0.5, 0.6) is 5.75 Å². The molecular formula is C31H25F2NO5. The van der Waals surface area contributed by atoms with Crippen LogP contribution < -0.4 is 5.32 Å². The maximum atomic E-state index is 13.8. The third-order valence-corrected chi connectivity index (χ3v) is 7.34. The molecule has 1 amide bonds. The molecule has 6 nitrogen and oxygen atoms in total. The number of hydrogen-bond acceptors (Lipinski definition) is 4. The number of amides is 1. The molecule has 1 saturated heterocycles. The van der Waals surface area contributed by atoms with Crippen LogP contribution >= 0.6 is 0 Å². The molecule has 8 heteroatoms. The summed E-state index contributed by atoms with van der Waals surface area (Å²) in [6, 6.07) is 22.9. The van der Waals surface area contributed by atoms with E-state index in [4.69, 9.17) is 0 Å². The van der Waals surface area contributed by atoms with E-state index in [0.29, 0.717) is 28.7 Å². The van der Waals surface area contributed by atoms with Gasteiger partial charge in [0.15, 0.2) is 0 Å². The number of carbonyl (C=O) groups is 2. The maximum Gasteiger partial charge on any atom is 0.339 e. The highest BCUT2D eigenvalue weighted by molar-refractivity contribution is 5.93. The predicted octanol–water partition coefficient (Wildman–Crippen LogP) is 5.54. The summed E-state index contributed by atoms with van der Waals surface area (Å²) in [5, 5.41) is 32.9. The van der Waals surface area contributed by atoms with Crippen molar-refractivity contribution in [3.05, 3.63) is 125 Å². The maximum absolute atomic E-state index is 13.8. The normalized spacial score (nSPS) is 19.2. The van der Waals surface area contributed by atoms with E-state index in [-0.39, 0.29) is 23.6 Å². The van der Waals surface area contributed by atoms with Crippen LogP contribution in [0.15, 0.2) is 91.0 Å². The number of carboxylic acid groups (broad SMARTS) is 1. The molecular weight excluding hydrogens is 504 g/mol. The molecule has 1 aliphatic heterocycles. The first-order valence-corrected chi connectivity index (χ1v) is 12.4. The Morgan fingerprint density at radius 1 is 0.846 bits per heavy atom. The minimum Gasteiger partial charge on any atom is -0.507 e. The SMILES string of the molecule is O=C(O)c1cc(-c2ccc([C@@]3(c4ccc(F)cc4)NC(=O)[C@@H]3CC[C@H](O)c3ccc(F)cc3)cc2)ccc1O. The van der Waals surface area contributed by atoms with Gasteiger partial charge >= 0.3 is 5.97 Å². The zero-order chi connectivity index (χ0) is 27.7. The number of aromatic hydroxyl groups is 1. The average Bonchev–Trinajstić information content (AvgIpc) is 2.92. The van der Waals surface area contributed by atoms with Gasteiger partial charge in [-0.2, -0.15) is 0 Å². The van der Waals surface area contributed by atoms with Gasteiger partial charge in [0.2, 0.25) is 5.91 Å². The minimum absolute atomic E-state index is 0.209. The number of rotatable bonds is 8. The second kappa shape index (κ2) is 10.3. The molecule has 0 unspecified atom stereocenters. The highest BCUT2D eigenvalue weighted by atomic mass is 19.1. The Hall–Kier alpha value is -4.56. The fourth-order valence-electron chi connectivity index (χ4n) is 5.25. The monoisotopic (exact) mass is 529 g/mol. The molecule has 5 rings (SSSR count). The van der Waals surface area contributed by atoms with Crippen molar-refractivity contribution in [3.8, 4) is 16.9 Å². The van der Waals surface area contributed by atoms with Crippen molar-refractivity contribution >= 4 is 11.9 Å². The predicted molar refractivity (Wildman–Crippen MR) is 140 cm³/mol. The average molecular weight is 530 g/mol. The number of phenols is 1. The summed E-state index contributed by atoms with van der Waals surface area (Å²) in [4.78, 5) is 24.3. The van der Waals surface area contributed by atoms with Gasteiger partial charge in [0.05, 0.1) is 12.0 Å². The number of carboxylic acids is 1. The third-order valence-electron chi connectivity index (χ3n) is 7.34. The van der Waals surface area contributed by atoms with Crippen molar-refractivity contribution in [2.24, 2.45) is 5.92 Å². The first kappa shape index (κ1) is 26.1. The first-order valence-electron chi connectivity index (χ1n) is 12.4. The summed E-state index contributed by atoms with van der Waals surface area (Å²) in [6.45, 7) is 0. The van der Waals surface area contributed by atoms with E-state index in [1.807, 2.05) is 12.1 Å². The summed E-state index contributed by atoms with van der Waals surface area (Å²) < 4.78 is 27.1. The molecule has 3 atom stereocenters. The minimum atomic E-state index is -1.25. The van der Waals surface area contributed by atoms with E-state index < -0.39 is 35.2 Å². The van der Waals surface area contributed by atoms with Crippen LogP contribution in [-0.2, 0) is 10.3 Å². The smallest absolute Gasteiger partial charge is 0.339 e. The topological polar surface area (TPSA) is 107 Å². The molecule has 4 aromatic carbocycles. The number of hydrogen-bond donors (Lipinski definition) is 4. The lowest BCUT2D eigenvalue weighted by Crippen LogP contribution is -2.67. The summed E-state index contributed by atoms with van der Waals surface area (Å²) in [7, 11) is 0. The largest absolute Gasteiger partial charge is 0.507 e. The fourth-order valence-corrected chi connectivity index (χ4v) is 5.25. The van der Waals surface area contributed by atoms with Gasteiger partial charge < -0.3 is 20.6 Å². The second-order valence-corrected chi connectivity index (χ2v) is 9.62. The summed E-state index contributed by atoms with van der Waals surface area (Å²) in [6.07, 6.45) is -0.343. The number of β-lactam (4-membered cyclic amide) rings is 1. The Balaban J connectivity index is 1.47. The van der Waals surface area contributed by atoms with Crippen molar-refractivity contribution in [1.29, 1.82) is 0 Å². The molecule has 0 bridgehead atoms. The van der Waals surface area contributed by atoms with Gasteiger partial charge in [-0.15, -0.1) is 0 Å². The van der Waals surface area contributed by atoms with E-state index in [2.05, 4.69) is 5.32 Å². The van der Waals surface area contributed by atoms with Gasteiger partial charge in [-0.1, -0.05) is 54.6 Å². The number of carbonyl (C=O) groups excluding carboxylic acids is 1. The lowest BCUT2D eigenvalue weighted by molar-refractivity contribution is -0.140. The number of aromatic carboxylic acids is 1. The summed E-state index contributed by atoms with van der Waals surface area (Å²) in [5.74, 6) is -3.19. The number of halogens is 2. The summed E-state index contributed by atoms with van der Waals surface area (Å²) in [5.41, 5.74) is 2.04. The van der Waals surface area contributed by atoms with Crippen molar-refractivity contribution in [1.82, 2.24) is 5.32 Å². The van der Waals surface area contributed by atoms with Crippen molar-refractivity contribution < 1.29 is 33.7 Å². The number of aliphatic hydroxyl groups excluding tert-OH is 1. The van der Waals surface area contributed by atoms with Gasteiger partial charge in [0.25, 0.3) is 0 Å². The van der Waals surface area contributed by atoms with E-state index in [0.717, 1.165) is 5.56 Å². The van der Waals surface area contributed by atoms with Gasteiger partial charge in [0.1, 0.15) is 28.5 Å². The lowest BCUT2D eigenvalue weighted by Gasteiger charge is -2.50. The number of nitrogens with one attached hydrogen (secondary N) is 1. The molecule has 39 heavy (non-hydrogen) atoms. The van der Waals surface area contributed by atoms with Crippen LogP contribution in [0.25, 0.3) is 11.1 Å². The Labute approximate surface area is 223 Å². The highest BCUT2D eigenvalue weighted by Gasteiger charge is 2.55. The van der Waals surface area contributed by atoms with Crippen LogP contribution in [0.1, 0.15) is 46.0 Å². The van der Waals surface area contributed by atoms with Crippen LogP contribution in [0.3, 0.4) is 0 Å². The second-order valence-electron chi connectivity index (χ2n) is 9.62. The molecule has 0 saturated carbocycles. The quantitative estimate of drug-likeness (QED) is 0.224. The van der Waals surface area contributed by atoms with Crippen molar-refractivity contribution in [2.45, 2.75) is 24.5 Å². The third kappa shape index (κ3) is 4.86. The van der Waals surface area contributed by atoms with Crippen LogP contribution in [-0.4, -0.2) is 27.2 Å². The van der Waals surface area contributed by atoms with E-state index in [9.17, 15) is 33.7 Å². The van der Waals surface area contributed by atoms with Gasteiger partial charge in [0, 0.05) is 0 Å². The Kier molecular flexibility index (Phi) is 6.89. The van der Waals surface area contributed by atoms with Crippen LogP contribution in [0.4, 0.5) is 8.78 Å². The molecule has 0 spiro atoms. The molecule has 1 fully saturated rings. The summed E-state index contributed by atoms with van der Waals surface area (Å²) >= 11 is 0. The molecule has 4 aromatic rings. The van der Waals surface area contributed by atoms with E-state index in [1.54, 1.807) is 30.3 Å². The zero-order valence-corrected chi connectivity index (χ0v) is 20.6. The molecule has 198 valence electrons. The van der Waals surface area contributed by atoms with E-state index in [1.165, 1.54) is 48.5 Å². The van der Waals surface area contributed by atoms with Crippen LogP contribution in [0, 0.1) is 17.6 Å². The lowest BCUT2D eigenvalue weighted by atomic mass is 9.64. The van der Waals surface area contributed by atoms with Crippen LogP contribution in [0.2, 0.25) is 0 Å². The zero-order valence-electron chi connectivity index (χ0n) is 20.6. The Morgan fingerprint density at radius 3 is 1.95 bits per heavy atom. The molecule has 0 radical (unpaired) electrons. The molecule has 0 aromatic heterocycles. The van der Waals surface area contributed by atoms with Crippen molar-refractivity contribution in [3.63, 3.8) is 0 Å². The fraction of sp³-hybridized carbons (Fsp3) is 0.161. The van der Waals surface area contributed by atoms with Gasteiger partial charge in [-0.25, -0.2) is 13.6 Å². The highest BCUT2D eigenvalue weighted by Crippen LogP contribution is 2.47. The van der Waals surface area contributed by atoms with E-state index >= 15 is 0 Å². The molecule has 4 N–H and O–H groups in total. The standard InChI is InChI=1S/C31H25F2NO5/c32-23-10-3-19(4-11-23)27(35)16-14-26-29(37)34-31(26,22-8-12-24(33)13-9-22)21-6-1-18(2-7-21)20-5-15-28(36)25(17-20)30(38)39/h1-13,15,17,26-27,35-36H,14,16H2,(H,34,37)(H,38,39)/t26-,27-,31-/m0/s1. The number of aliphatic hydroxyl groups is 1. The Bertz CT molecular complexity index is 1520. The molecule has 1 aliphatic rings. The van der Waals surface area contributed by atoms with Gasteiger partial charge in [-0.05, 0) is 77.1 Å².